The molecule has 1 aliphatic heterocycles. The van der Waals surface area contributed by atoms with E-state index in [0.717, 1.165) is 43.9 Å². The van der Waals surface area contributed by atoms with Crippen molar-refractivity contribution in [3.05, 3.63) is 18.0 Å². The quantitative estimate of drug-likeness (QED) is 0.877. The van der Waals surface area contributed by atoms with E-state index in [2.05, 4.69) is 34.0 Å². The third kappa shape index (κ3) is 2.99. The molecule has 2 saturated carbocycles. The maximum absolute atomic E-state index is 12.6. The molecule has 5 heteroatoms. The van der Waals surface area contributed by atoms with Gasteiger partial charge in [-0.15, -0.1) is 0 Å². The zero-order chi connectivity index (χ0) is 18.4. The fourth-order valence-electron chi connectivity index (χ4n) is 5.23. The van der Waals surface area contributed by atoms with Crippen molar-refractivity contribution in [1.29, 1.82) is 0 Å². The molecule has 0 aromatic carbocycles. The Kier molecular flexibility index (Phi) is 4.44. The number of hydrogen-bond acceptors (Lipinski definition) is 4. The van der Waals surface area contributed by atoms with Gasteiger partial charge in [0.05, 0.1) is 0 Å². The van der Waals surface area contributed by atoms with Crippen molar-refractivity contribution in [2.24, 2.45) is 16.7 Å². The molecule has 0 bridgehead atoms. The fourth-order valence-corrected chi connectivity index (χ4v) is 5.23. The Hall–Kier alpha value is -1.65. The Balaban J connectivity index is 1.45. The van der Waals surface area contributed by atoms with Crippen molar-refractivity contribution in [2.45, 2.75) is 71.8 Å². The molecule has 26 heavy (non-hydrogen) atoms. The third-order valence-electron chi connectivity index (χ3n) is 7.45. The number of fused-ring (bicyclic) bond motifs is 1. The molecule has 0 spiro atoms. The molecule has 1 N–H and O–H groups in total. The van der Waals surface area contributed by atoms with Crippen molar-refractivity contribution < 1.29 is 4.79 Å². The summed E-state index contributed by atoms with van der Waals surface area (Å²) in [5.74, 6) is 1.36. The molecule has 0 radical (unpaired) electrons. The highest BCUT2D eigenvalue weighted by molar-refractivity contribution is 5.82. The van der Waals surface area contributed by atoms with Gasteiger partial charge in [-0.2, -0.15) is 0 Å². The van der Waals surface area contributed by atoms with Crippen LogP contribution in [0, 0.1) is 23.7 Å². The molecule has 1 amide bonds. The van der Waals surface area contributed by atoms with Crippen molar-refractivity contribution in [2.75, 3.05) is 18.0 Å². The number of carbonyl (C=O) groups is 1. The first-order chi connectivity index (χ1) is 12.5. The number of rotatable bonds is 5. The predicted molar refractivity (Wildman–Crippen MR) is 103 cm³/mol. The van der Waals surface area contributed by atoms with E-state index >= 15 is 0 Å². The summed E-state index contributed by atoms with van der Waals surface area (Å²) in [6, 6.07) is 0.455. The SMILES string of the molecule is CCC1(C)CC1C(=O)NCC12CCCCC1N(c1ncc(C)cn1)CC2. The Bertz CT molecular complexity index is 675. The molecule has 4 rings (SSSR count). The maximum Gasteiger partial charge on any atom is 0.225 e. The molecule has 2 aliphatic carbocycles. The Morgan fingerprint density at radius 3 is 2.77 bits per heavy atom. The molecule has 4 atom stereocenters. The van der Waals surface area contributed by atoms with Crippen LogP contribution in [0.15, 0.2) is 12.4 Å². The third-order valence-corrected chi connectivity index (χ3v) is 7.45. The second kappa shape index (κ2) is 6.50. The Labute approximate surface area is 157 Å². The second-order valence-electron chi connectivity index (χ2n) is 9.11. The van der Waals surface area contributed by atoms with Crippen molar-refractivity contribution in [1.82, 2.24) is 15.3 Å². The lowest BCUT2D eigenvalue weighted by atomic mass is 9.70. The monoisotopic (exact) mass is 356 g/mol. The Morgan fingerprint density at radius 1 is 1.31 bits per heavy atom. The van der Waals surface area contributed by atoms with E-state index < -0.39 is 0 Å². The average molecular weight is 357 g/mol. The summed E-state index contributed by atoms with van der Waals surface area (Å²) in [7, 11) is 0. The number of carbonyl (C=O) groups excluding carboxylic acids is 1. The maximum atomic E-state index is 12.6. The molecule has 4 unspecified atom stereocenters. The van der Waals surface area contributed by atoms with Gasteiger partial charge in [-0.05, 0) is 50.0 Å². The van der Waals surface area contributed by atoms with E-state index in [4.69, 9.17) is 0 Å². The van der Waals surface area contributed by atoms with Gasteiger partial charge in [-0.25, -0.2) is 9.97 Å². The van der Waals surface area contributed by atoms with Gasteiger partial charge in [0.2, 0.25) is 11.9 Å². The van der Waals surface area contributed by atoms with Crippen LogP contribution in [0.2, 0.25) is 0 Å². The Morgan fingerprint density at radius 2 is 2.08 bits per heavy atom. The molecule has 1 saturated heterocycles. The van der Waals surface area contributed by atoms with Crippen LogP contribution < -0.4 is 10.2 Å². The van der Waals surface area contributed by atoms with E-state index in [1.807, 2.05) is 19.3 Å². The van der Waals surface area contributed by atoms with Crippen molar-refractivity contribution >= 4 is 11.9 Å². The summed E-state index contributed by atoms with van der Waals surface area (Å²) in [6.07, 6.45) is 12.0. The summed E-state index contributed by atoms with van der Waals surface area (Å²) in [4.78, 5) is 24.2. The van der Waals surface area contributed by atoms with Crippen LogP contribution in [0.4, 0.5) is 5.95 Å². The first-order valence-corrected chi connectivity index (χ1v) is 10.3. The summed E-state index contributed by atoms with van der Waals surface area (Å²) in [5, 5.41) is 3.34. The van der Waals surface area contributed by atoms with Gasteiger partial charge in [0.25, 0.3) is 0 Å². The van der Waals surface area contributed by atoms with E-state index in [9.17, 15) is 4.79 Å². The van der Waals surface area contributed by atoms with Crippen LogP contribution in [0.3, 0.4) is 0 Å². The van der Waals surface area contributed by atoms with Gasteiger partial charge in [0.15, 0.2) is 0 Å². The average Bonchev–Trinajstić information content (AvgIpc) is 3.20. The molecule has 5 nitrogen and oxygen atoms in total. The summed E-state index contributed by atoms with van der Waals surface area (Å²) < 4.78 is 0. The van der Waals surface area contributed by atoms with Gasteiger partial charge in [-0.1, -0.05) is 26.7 Å². The lowest BCUT2D eigenvalue weighted by Crippen LogP contribution is -2.49. The van der Waals surface area contributed by atoms with Gasteiger partial charge in [-0.3, -0.25) is 4.79 Å². The van der Waals surface area contributed by atoms with Crippen LogP contribution in [-0.4, -0.2) is 35.0 Å². The van der Waals surface area contributed by atoms with Gasteiger partial charge in [0.1, 0.15) is 0 Å². The summed E-state index contributed by atoms with van der Waals surface area (Å²) >= 11 is 0. The van der Waals surface area contributed by atoms with E-state index in [-0.39, 0.29) is 22.7 Å². The van der Waals surface area contributed by atoms with Crippen LogP contribution in [0.5, 0.6) is 0 Å². The number of hydrogen-bond donors (Lipinski definition) is 1. The minimum absolute atomic E-state index is 0.194. The highest BCUT2D eigenvalue weighted by Gasteiger charge is 2.54. The van der Waals surface area contributed by atoms with Gasteiger partial charge >= 0.3 is 0 Å². The first-order valence-electron chi connectivity index (χ1n) is 10.3. The number of anilines is 1. The molecular formula is C21H32N4O. The van der Waals surface area contributed by atoms with Crippen LogP contribution >= 0.6 is 0 Å². The first kappa shape index (κ1) is 17.7. The molecular weight excluding hydrogens is 324 g/mol. The van der Waals surface area contributed by atoms with Crippen molar-refractivity contribution in [3.8, 4) is 0 Å². The smallest absolute Gasteiger partial charge is 0.225 e. The molecule has 3 aliphatic rings. The fraction of sp³-hybridized carbons (Fsp3) is 0.762. The lowest BCUT2D eigenvalue weighted by Gasteiger charge is -2.42. The molecule has 1 aromatic rings. The normalized spacial score (nSPS) is 35.9. The number of nitrogens with zero attached hydrogens (tertiary/aromatic N) is 3. The number of aromatic nitrogens is 2. The van der Waals surface area contributed by atoms with Gasteiger partial charge in [0, 0.05) is 42.9 Å². The molecule has 3 fully saturated rings. The minimum Gasteiger partial charge on any atom is -0.355 e. The van der Waals surface area contributed by atoms with Crippen LogP contribution in [0.25, 0.3) is 0 Å². The zero-order valence-electron chi connectivity index (χ0n) is 16.4. The second-order valence-corrected chi connectivity index (χ2v) is 9.11. The topological polar surface area (TPSA) is 58.1 Å². The lowest BCUT2D eigenvalue weighted by molar-refractivity contribution is -0.123. The van der Waals surface area contributed by atoms with Crippen molar-refractivity contribution in [3.63, 3.8) is 0 Å². The number of aryl methyl sites for hydroxylation is 1. The highest BCUT2D eigenvalue weighted by atomic mass is 16.2. The van der Waals surface area contributed by atoms with Crippen LogP contribution in [-0.2, 0) is 4.79 Å². The standard InChI is InChI=1S/C21H32N4O/c1-4-20(3)11-16(20)18(26)24-14-21-8-6-5-7-17(21)25(10-9-21)19-22-12-15(2)13-23-19/h12-13,16-17H,4-11,14H2,1-3H3,(H,24,26). The molecule has 1 aromatic heterocycles. The molecule has 142 valence electrons. The highest BCUT2D eigenvalue weighted by Crippen LogP contribution is 2.55. The minimum atomic E-state index is 0.194. The number of nitrogens with one attached hydrogen (secondary N) is 1. The summed E-state index contributed by atoms with van der Waals surface area (Å²) in [6.45, 7) is 8.27. The summed E-state index contributed by atoms with van der Waals surface area (Å²) in [5.41, 5.74) is 1.53. The van der Waals surface area contributed by atoms with E-state index in [1.54, 1.807) is 0 Å². The predicted octanol–water partition coefficient (Wildman–Crippen LogP) is 3.48. The van der Waals surface area contributed by atoms with E-state index in [1.165, 1.54) is 25.7 Å². The van der Waals surface area contributed by atoms with Gasteiger partial charge < -0.3 is 10.2 Å². The van der Waals surface area contributed by atoms with E-state index in [0.29, 0.717) is 6.04 Å². The van der Waals surface area contributed by atoms with Crippen LogP contribution in [0.1, 0.15) is 64.4 Å². The largest absolute Gasteiger partial charge is 0.355 e. The molecule has 2 heterocycles. The zero-order valence-corrected chi connectivity index (χ0v) is 16.4. The number of amides is 1.